The SMILES string of the molecule is CC(C)(C)NC(=O)CN1CCN(CCOO)CCN(CC(=O)O)CCN(CC(=O)O)CC1. The number of nitrogens with one attached hydrogen (secondary N) is 1. The topological polar surface area (TPSA) is 146 Å². The Morgan fingerprint density at radius 2 is 1.12 bits per heavy atom. The summed E-state index contributed by atoms with van der Waals surface area (Å²) < 4.78 is 0. The highest BCUT2D eigenvalue weighted by atomic mass is 17.1. The van der Waals surface area contributed by atoms with Gasteiger partial charge >= 0.3 is 11.9 Å². The molecule has 0 atom stereocenters. The van der Waals surface area contributed by atoms with E-state index in [1.165, 1.54) is 0 Å². The minimum absolute atomic E-state index is 0.104. The van der Waals surface area contributed by atoms with Crippen molar-refractivity contribution in [3.05, 3.63) is 0 Å². The van der Waals surface area contributed by atoms with Crippen LogP contribution < -0.4 is 5.32 Å². The van der Waals surface area contributed by atoms with E-state index in [1.54, 1.807) is 9.80 Å². The highest BCUT2D eigenvalue weighted by molar-refractivity contribution is 5.78. The average Bonchev–Trinajstić information content (AvgIpc) is 2.65. The number of carboxylic acid groups (broad SMARTS) is 2. The predicted molar refractivity (Wildman–Crippen MR) is 118 cm³/mol. The van der Waals surface area contributed by atoms with Crippen LogP contribution in [0.5, 0.6) is 0 Å². The van der Waals surface area contributed by atoms with Crippen LogP contribution >= 0.6 is 0 Å². The molecular weight excluding hydrogens is 422 g/mol. The smallest absolute Gasteiger partial charge is 0.317 e. The lowest BCUT2D eigenvalue weighted by atomic mass is 10.1. The van der Waals surface area contributed by atoms with Crippen LogP contribution in [0, 0.1) is 0 Å². The summed E-state index contributed by atoms with van der Waals surface area (Å²) in [7, 11) is 0. The Morgan fingerprint density at radius 1 is 0.750 bits per heavy atom. The first-order chi connectivity index (χ1) is 15.0. The molecule has 0 spiro atoms. The molecule has 0 aromatic heterocycles. The average molecular weight is 462 g/mol. The fourth-order valence-electron chi connectivity index (χ4n) is 3.49. The van der Waals surface area contributed by atoms with E-state index >= 15 is 0 Å². The molecule has 0 radical (unpaired) electrons. The number of nitrogens with zero attached hydrogens (tertiary/aromatic N) is 4. The molecule has 1 aliphatic rings. The molecule has 0 bridgehead atoms. The Hall–Kier alpha value is -1.83. The van der Waals surface area contributed by atoms with E-state index in [-0.39, 0.29) is 37.7 Å². The van der Waals surface area contributed by atoms with Gasteiger partial charge in [-0.15, -0.1) is 0 Å². The van der Waals surface area contributed by atoms with Crippen LogP contribution in [0.25, 0.3) is 0 Å². The van der Waals surface area contributed by atoms with Gasteiger partial charge in [0.05, 0.1) is 26.2 Å². The zero-order chi connectivity index (χ0) is 24.1. The van der Waals surface area contributed by atoms with Gasteiger partial charge in [0.15, 0.2) is 0 Å². The third kappa shape index (κ3) is 13.6. The summed E-state index contributed by atoms with van der Waals surface area (Å²) >= 11 is 0. The van der Waals surface area contributed by atoms with Gasteiger partial charge in [-0.25, -0.2) is 4.89 Å². The maximum absolute atomic E-state index is 12.5. The van der Waals surface area contributed by atoms with Crippen LogP contribution in [0.4, 0.5) is 0 Å². The van der Waals surface area contributed by atoms with Crippen LogP contribution in [-0.4, -0.2) is 144 Å². The summed E-state index contributed by atoms with van der Waals surface area (Å²) in [4.78, 5) is 46.8. The van der Waals surface area contributed by atoms with E-state index in [9.17, 15) is 24.6 Å². The molecule has 1 saturated heterocycles. The number of hydrogen-bond donors (Lipinski definition) is 4. The lowest BCUT2D eigenvalue weighted by molar-refractivity contribution is -0.244. The van der Waals surface area contributed by atoms with Crippen molar-refractivity contribution in [2.75, 3.05) is 85.1 Å². The molecule has 1 amide bonds. The van der Waals surface area contributed by atoms with Crippen molar-refractivity contribution >= 4 is 17.8 Å². The van der Waals surface area contributed by atoms with Crippen molar-refractivity contribution in [1.29, 1.82) is 0 Å². The Morgan fingerprint density at radius 3 is 1.47 bits per heavy atom. The molecule has 12 heteroatoms. The zero-order valence-corrected chi connectivity index (χ0v) is 19.5. The van der Waals surface area contributed by atoms with Crippen molar-refractivity contribution < 1.29 is 34.7 Å². The number of aliphatic carboxylic acids is 2. The molecule has 0 aromatic carbocycles. The van der Waals surface area contributed by atoms with Crippen molar-refractivity contribution in [3.63, 3.8) is 0 Å². The molecule has 186 valence electrons. The number of carbonyl (C=O) groups excluding carboxylic acids is 1. The Bertz CT molecular complexity index is 599. The van der Waals surface area contributed by atoms with Gasteiger partial charge in [0.2, 0.25) is 5.91 Å². The van der Waals surface area contributed by atoms with Crippen LogP contribution in [0.3, 0.4) is 0 Å². The zero-order valence-electron chi connectivity index (χ0n) is 19.5. The van der Waals surface area contributed by atoms with E-state index in [0.717, 1.165) is 0 Å². The monoisotopic (exact) mass is 461 g/mol. The summed E-state index contributed by atoms with van der Waals surface area (Å²) in [5.41, 5.74) is -0.350. The highest BCUT2D eigenvalue weighted by Crippen LogP contribution is 2.03. The van der Waals surface area contributed by atoms with Gasteiger partial charge in [-0.1, -0.05) is 0 Å². The summed E-state index contributed by atoms with van der Waals surface area (Å²) in [6, 6.07) is 0. The molecule has 4 N–H and O–H groups in total. The number of carbonyl (C=O) groups is 3. The van der Waals surface area contributed by atoms with Crippen LogP contribution in [0.15, 0.2) is 0 Å². The van der Waals surface area contributed by atoms with Gasteiger partial charge in [0.1, 0.15) is 0 Å². The van der Waals surface area contributed by atoms with E-state index < -0.39 is 11.9 Å². The third-order valence-electron chi connectivity index (χ3n) is 5.03. The van der Waals surface area contributed by atoms with Crippen molar-refractivity contribution in [2.45, 2.75) is 26.3 Å². The normalized spacial score (nSPS) is 19.1. The quantitative estimate of drug-likeness (QED) is 0.242. The second-order valence-electron chi connectivity index (χ2n) is 9.09. The van der Waals surface area contributed by atoms with Gasteiger partial charge in [0.25, 0.3) is 0 Å². The molecule has 1 fully saturated rings. The molecule has 0 unspecified atom stereocenters. The lowest BCUT2D eigenvalue weighted by Gasteiger charge is -2.33. The van der Waals surface area contributed by atoms with Crippen LogP contribution in [0.2, 0.25) is 0 Å². The van der Waals surface area contributed by atoms with Crippen LogP contribution in [0.1, 0.15) is 20.8 Å². The molecule has 1 aliphatic heterocycles. The number of hydrogen-bond acceptors (Lipinski definition) is 9. The maximum atomic E-state index is 12.5. The molecule has 12 nitrogen and oxygen atoms in total. The molecule has 32 heavy (non-hydrogen) atoms. The number of carboxylic acids is 2. The van der Waals surface area contributed by atoms with Gasteiger partial charge in [-0.2, -0.15) is 0 Å². The first-order valence-corrected chi connectivity index (χ1v) is 10.9. The number of rotatable bonds is 9. The second kappa shape index (κ2) is 14.3. The first-order valence-electron chi connectivity index (χ1n) is 10.9. The highest BCUT2D eigenvalue weighted by Gasteiger charge is 2.21. The van der Waals surface area contributed by atoms with Gasteiger partial charge in [0, 0.05) is 64.4 Å². The molecule has 1 rings (SSSR count). The van der Waals surface area contributed by atoms with E-state index in [2.05, 4.69) is 15.1 Å². The molecular formula is C20H39N5O7. The van der Waals surface area contributed by atoms with Gasteiger partial charge < -0.3 is 15.5 Å². The van der Waals surface area contributed by atoms with Crippen LogP contribution in [-0.2, 0) is 19.3 Å². The summed E-state index contributed by atoms with van der Waals surface area (Å²) in [6.45, 7) is 10.1. The Kier molecular flexibility index (Phi) is 12.6. The fraction of sp³-hybridized carbons (Fsp3) is 0.850. The lowest BCUT2D eigenvalue weighted by Crippen LogP contribution is -2.51. The first kappa shape index (κ1) is 28.2. The number of amides is 1. The summed E-state index contributed by atoms with van der Waals surface area (Å²) in [6.07, 6.45) is 0. The minimum atomic E-state index is -0.950. The van der Waals surface area contributed by atoms with Crippen molar-refractivity contribution in [2.24, 2.45) is 0 Å². The molecule has 0 aromatic rings. The Labute approximate surface area is 189 Å². The third-order valence-corrected chi connectivity index (χ3v) is 5.03. The second-order valence-corrected chi connectivity index (χ2v) is 9.09. The van der Waals surface area contributed by atoms with E-state index in [1.807, 2.05) is 25.7 Å². The minimum Gasteiger partial charge on any atom is -0.480 e. The molecule has 0 saturated carbocycles. The predicted octanol–water partition coefficient (Wildman–Crippen LogP) is -1.22. The van der Waals surface area contributed by atoms with E-state index in [4.69, 9.17) is 5.26 Å². The maximum Gasteiger partial charge on any atom is 0.317 e. The molecule has 0 aliphatic carbocycles. The van der Waals surface area contributed by atoms with E-state index in [0.29, 0.717) is 58.9 Å². The van der Waals surface area contributed by atoms with Gasteiger partial charge in [-0.05, 0) is 20.8 Å². The largest absolute Gasteiger partial charge is 0.480 e. The Balaban J connectivity index is 2.92. The van der Waals surface area contributed by atoms with Crippen molar-refractivity contribution in [3.8, 4) is 0 Å². The summed E-state index contributed by atoms with van der Waals surface area (Å²) in [5, 5.41) is 30.1. The van der Waals surface area contributed by atoms with Gasteiger partial charge in [-0.3, -0.25) is 39.2 Å². The molecule has 1 heterocycles. The fourth-order valence-corrected chi connectivity index (χ4v) is 3.49. The summed E-state index contributed by atoms with van der Waals surface area (Å²) in [5.74, 6) is -2.00. The van der Waals surface area contributed by atoms with Crippen molar-refractivity contribution in [1.82, 2.24) is 24.9 Å². The standard InChI is InChI=1S/C20H39N5O7/c1-20(2,3)21-17(26)14-23-6-4-22(12-13-32-31)5-7-24(15-18(27)28)10-11-25(9-8-23)16-19(29)30/h31H,4-16H2,1-3H3,(H,21,26)(H,27,28)(H,29,30).